The van der Waals surface area contributed by atoms with Crippen LogP contribution in [-0.2, 0) is 18.9 Å². The molecule has 2 rings (SSSR count). The van der Waals surface area contributed by atoms with Crippen molar-refractivity contribution in [2.45, 2.75) is 98.3 Å². The fourth-order valence-electron chi connectivity index (χ4n) is 9.67. The zero-order valence-corrected chi connectivity index (χ0v) is 44.9. The van der Waals surface area contributed by atoms with Crippen LogP contribution in [0.1, 0.15) is 80.1 Å². The molecule has 0 aromatic carbocycles. The normalized spacial score (nSPS) is 20.3. The van der Waals surface area contributed by atoms with Crippen LogP contribution in [0.5, 0.6) is 0 Å². The summed E-state index contributed by atoms with van der Waals surface area (Å²) in [7, 11) is 0. The van der Waals surface area contributed by atoms with Crippen molar-refractivity contribution in [3.8, 4) is 0 Å². The van der Waals surface area contributed by atoms with Gasteiger partial charge < -0.3 is 68.8 Å². The van der Waals surface area contributed by atoms with Gasteiger partial charge in [-0.1, -0.05) is 41.5 Å². The predicted octanol–water partition coefficient (Wildman–Crippen LogP) is 1.33. The minimum Gasteiger partial charge on any atom is -0.394 e. The molecule has 4 N–H and O–H groups in total. The van der Waals surface area contributed by atoms with E-state index >= 15 is 0 Å². The van der Waals surface area contributed by atoms with Gasteiger partial charge in [0.25, 0.3) is 0 Å². The molecule has 0 amide bonds. The van der Waals surface area contributed by atoms with Crippen LogP contribution in [0.4, 0.5) is 0 Å². The van der Waals surface area contributed by atoms with Gasteiger partial charge in [0.2, 0.25) is 0 Å². The summed E-state index contributed by atoms with van der Waals surface area (Å²) in [5.41, 5.74) is 0. The van der Waals surface area contributed by atoms with E-state index in [9.17, 15) is 20.4 Å². The van der Waals surface area contributed by atoms with E-state index in [1.54, 1.807) is 0 Å². The molecule has 0 spiro atoms. The number of rotatable bonds is 34. The molecular formula is C51H109N9O8. The Hall–Kier alpha value is -0.680. The summed E-state index contributed by atoms with van der Waals surface area (Å²) in [5.74, 6) is 0. The van der Waals surface area contributed by atoms with Crippen molar-refractivity contribution >= 4 is 0 Å². The van der Waals surface area contributed by atoms with E-state index in [4.69, 9.17) is 18.9 Å². The molecule has 2 saturated heterocycles. The fourth-order valence-corrected chi connectivity index (χ4v) is 9.67. The van der Waals surface area contributed by atoms with E-state index in [2.05, 4.69) is 85.6 Å². The Morgan fingerprint density at radius 2 is 0.676 bits per heavy atom. The van der Waals surface area contributed by atoms with Crippen molar-refractivity contribution in [1.29, 1.82) is 0 Å². The lowest BCUT2D eigenvalue weighted by atomic mass is 10.1. The number of hydrogen-bond acceptors (Lipinski definition) is 17. The van der Waals surface area contributed by atoms with Crippen molar-refractivity contribution in [2.75, 3.05) is 236 Å². The maximum Gasteiger partial charge on any atom is 0.0793 e. The van der Waals surface area contributed by atoms with Crippen molar-refractivity contribution in [3.63, 3.8) is 0 Å². The van der Waals surface area contributed by atoms with Crippen molar-refractivity contribution in [3.05, 3.63) is 0 Å². The molecule has 0 radical (unpaired) electrons. The smallest absolute Gasteiger partial charge is 0.0793 e. The molecular weight excluding hydrogens is 867 g/mol. The minimum atomic E-state index is -0.668. The van der Waals surface area contributed by atoms with Gasteiger partial charge in [-0.05, 0) is 90.9 Å². The number of aliphatic hydroxyl groups is 4. The van der Waals surface area contributed by atoms with E-state index in [-0.39, 0.29) is 32.5 Å². The lowest BCUT2D eigenvalue weighted by molar-refractivity contribution is -0.0504. The quantitative estimate of drug-likeness (QED) is 0.0688. The highest BCUT2D eigenvalue weighted by molar-refractivity contribution is 4.82. The lowest BCUT2D eigenvalue weighted by Crippen LogP contribution is -2.53. The monoisotopic (exact) mass is 976 g/mol. The van der Waals surface area contributed by atoms with Gasteiger partial charge in [0, 0.05) is 118 Å². The van der Waals surface area contributed by atoms with Crippen LogP contribution in [0, 0.1) is 0 Å². The zero-order chi connectivity index (χ0) is 49.5. The number of ether oxygens (including phenoxy) is 4. The van der Waals surface area contributed by atoms with Crippen LogP contribution in [0.25, 0.3) is 0 Å². The summed E-state index contributed by atoms with van der Waals surface area (Å²) in [5, 5.41) is 42.9. The van der Waals surface area contributed by atoms with Gasteiger partial charge in [-0.25, -0.2) is 0 Å². The van der Waals surface area contributed by atoms with Crippen molar-refractivity contribution in [2.24, 2.45) is 0 Å². The summed E-state index contributed by atoms with van der Waals surface area (Å²) in [6.45, 7) is 40.7. The Balaban J connectivity index is 2.38. The summed E-state index contributed by atoms with van der Waals surface area (Å²) >= 11 is 0. The Labute approximate surface area is 416 Å². The van der Waals surface area contributed by atoms with Gasteiger partial charge in [0.1, 0.15) is 0 Å². The number of nitrogens with zero attached hydrogens (tertiary/aromatic N) is 9. The summed E-state index contributed by atoms with van der Waals surface area (Å²) < 4.78 is 23.5. The van der Waals surface area contributed by atoms with E-state index in [1.807, 2.05) is 0 Å². The van der Waals surface area contributed by atoms with Gasteiger partial charge >= 0.3 is 0 Å². The molecule has 0 aromatic heterocycles. The van der Waals surface area contributed by atoms with E-state index in [0.717, 1.165) is 170 Å². The second kappa shape index (κ2) is 42.8. The Morgan fingerprint density at radius 3 is 1.00 bits per heavy atom. The molecule has 0 aromatic rings. The first-order valence-corrected chi connectivity index (χ1v) is 27.6. The molecule has 406 valence electrons. The maximum atomic E-state index is 12.2. The van der Waals surface area contributed by atoms with Crippen molar-refractivity contribution in [1.82, 2.24) is 44.1 Å². The molecule has 0 aliphatic carbocycles. The van der Waals surface area contributed by atoms with Crippen LogP contribution < -0.4 is 0 Å². The van der Waals surface area contributed by atoms with Crippen LogP contribution in [0.15, 0.2) is 0 Å². The first kappa shape index (κ1) is 63.4. The van der Waals surface area contributed by atoms with Crippen LogP contribution in [0.3, 0.4) is 0 Å². The highest BCUT2D eigenvalue weighted by Gasteiger charge is 2.28. The minimum absolute atomic E-state index is 0.0394. The molecule has 2 aliphatic heterocycles. The van der Waals surface area contributed by atoms with Crippen LogP contribution in [-0.4, -0.2) is 319 Å². The molecule has 2 fully saturated rings. The van der Waals surface area contributed by atoms with Gasteiger partial charge in [-0.15, -0.1) is 0 Å². The topological polar surface area (TPSA) is 147 Å². The van der Waals surface area contributed by atoms with Crippen molar-refractivity contribution < 1.29 is 39.4 Å². The van der Waals surface area contributed by atoms with Gasteiger partial charge in [0.05, 0.1) is 84.3 Å². The van der Waals surface area contributed by atoms with Gasteiger partial charge in [-0.3, -0.25) is 14.7 Å². The van der Waals surface area contributed by atoms with E-state index < -0.39 is 12.2 Å². The number of hydrogen-bond donors (Lipinski definition) is 4. The summed E-state index contributed by atoms with van der Waals surface area (Å²) in [4.78, 5) is 22.8. The summed E-state index contributed by atoms with van der Waals surface area (Å²) in [6.07, 6.45) is 5.41. The molecule has 2 atom stereocenters. The van der Waals surface area contributed by atoms with Crippen LogP contribution >= 0.6 is 0 Å². The second-order valence-corrected chi connectivity index (χ2v) is 19.3. The average molecular weight is 976 g/mol. The average Bonchev–Trinajstić information content (AvgIpc) is 3.33. The van der Waals surface area contributed by atoms with E-state index in [0.29, 0.717) is 65.8 Å². The molecule has 17 nitrogen and oxygen atoms in total. The molecule has 17 heteroatoms. The number of aliphatic hydroxyl groups excluding tert-OH is 4. The third-order valence-electron chi connectivity index (χ3n) is 13.4. The molecule has 0 bridgehead atoms. The molecule has 2 unspecified atom stereocenters. The molecule has 2 heterocycles. The third-order valence-corrected chi connectivity index (χ3v) is 13.4. The fraction of sp³-hybridized carbons (Fsp3) is 1.00. The van der Waals surface area contributed by atoms with Crippen LogP contribution in [0.2, 0.25) is 0 Å². The number of likely N-dealkylation sites (N-methyl/N-ethyl adjacent to an activating group) is 1. The molecule has 0 saturated carbocycles. The number of β-amino-alcohol motifs (C(OH)–C–C–N with tert-alkyl or cyclic N) is 2. The SMILES string of the molecule is CCCN1CCN(CC)CCCN(CC(O)CN(CC(O)CN2CCN(CCC)CCN(CCC)CCN(CCC)CC2)C(COCCOCCO)COCCOCCO)CCN(CCC)CC1. The van der Waals surface area contributed by atoms with Gasteiger partial charge in [0.15, 0.2) is 0 Å². The molecule has 68 heavy (non-hydrogen) atoms. The Morgan fingerprint density at radius 1 is 0.382 bits per heavy atom. The highest BCUT2D eigenvalue weighted by atomic mass is 16.5. The van der Waals surface area contributed by atoms with E-state index in [1.165, 1.54) is 12.8 Å². The zero-order valence-electron chi connectivity index (χ0n) is 44.9. The van der Waals surface area contributed by atoms with Gasteiger partial charge in [-0.2, -0.15) is 0 Å². The third kappa shape index (κ3) is 31.0. The molecule has 2 aliphatic rings. The standard InChI is InChI=1S/C51H109N9O8/c1-7-14-53-22-21-52(12-6)19-13-20-58(32-29-55(16-9-3)26-23-53)43-50(63)45-60(49(47-67-41-39-65-37-35-61)48-68-42-40-66-38-36-62)46-51(64)44-59-33-30-56(17-10-4)27-24-54(15-8-2)25-28-57(18-11-5)31-34-59/h49-51,61-64H,7-48H2,1-6H3. The maximum absolute atomic E-state index is 12.2. The lowest BCUT2D eigenvalue weighted by Gasteiger charge is -2.38. The highest BCUT2D eigenvalue weighted by Crippen LogP contribution is 2.12. The second-order valence-electron chi connectivity index (χ2n) is 19.3. The first-order valence-electron chi connectivity index (χ1n) is 27.6. The Bertz CT molecular complexity index is 1080. The predicted molar refractivity (Wildman–Crippen MR) is 278 cm³/mol. The Kier molecular flexibility index (Phi) is 39.9. The first-order chi connectivity index (χ1) is 33.2. The largest absolute Gasteiger partial charge is 0.394 e. The summed E-state index contributed by atoms with van der Waals surface area (Å²) in [6, 6.07) is -0.258.